The van der Waals surface area contributed by atoms with Crippen LogP contribution in [0.25, 0.3) is 0 Å². The molecule has 0 unspecified atom stereocenters. The molecule has 2 aromatic carbocycles. The first-order valence-corrected chi connectivity index (χ1v) is 12.2. The van der Waals surface area contributed by atoms with Gasteiger partial charge >= 0.3 is 0 Å². The first kappa shape index (κ1) is 23.8. The van der Waals surface area contributed by atoms with Gasteiger partial charge in [0.1, 0.15) is 0 Å². The van der Waals surface area contributed by atoms with E-state index in [2.05, 4.69) is 9.71 Å². The van der Waals surface area contributed by atoms with Crippen molar-refractivity contribution in [1.82, 2.24) is 9.88 Å². The molecule has 1 aromatic heterocycles. The Hall–Kier alpha value is -3.30. The molecule has 0 bridgehead atoms. The Morgan fingerprint density at radius 2 is 1.65 bits per heavy atom. The van der Waals surface area contributed by atoms with Gasteiger partial charge in [0.2, 0.25) is 5.95 Å². The largest absolute Gasteiger partial charge is 0.279 e. The molecule has 0 radical (unpaired) electrons. The number of hydrogen-bond acceptors (Lipinski definition) is 5. The minimum Gasteiger partial charge on any atom is -0.279 e. The molecule has 1 aliphatic rings. The summed E-state index contributed by atoms with van der Waals surface area (Å²) in [7, 11) is -4.07. The van der Waals surface area contributed by atoms with Crippen LogP contribution >= 0.6 is 11.6 Å². The lowest BCUT2D eigenvalue weighted by Gasteiger charge is -2.19. The number of sulfonamides is 1. The minimum atomic E-state index is -4.07. The molecule has 0 spiro atoms. The average molecular weight is 502 g/mol. The maximum atomic E-state index is 13.5. The van der Waals surface area contributed by atoms with Gasteiger partial charge in [0.25, 0.3) is 21.8 Å². The summed E-state index contributed by atoms with van der Waals surface area (Å²) in [4.78, 5) is 30.5. The Labute approximate surface area is 201 Å². The summed E-state index contributed by atoms with van der Waals surface area (Å²) in [5, 5.41) is 0.00855. The number of pyridine rings is 1. The monoisotopic (exact) mass is 501 g/mol. The van der Waals surface area contributed by atoms with E-state index in [1.807, 2.05) is 20.8 Å². The quantitative estimate of drug-likeness (QED) is 0.401. The number of carbonyl (C=O) groups excluding carboxylic acids is 2. The molecule has 1 N–H and O–H groups in total. The zero-order chi connectivity index (χ0) is 24.8. The standard InChI is InChI=1S/C24H21ClFN3O4S/c1-24(2,3)15-4-6-16(7-5-15)34(32,33)28-18-9-8-17(25)20-21(18)23(31)29(22(20)30)13-14-10-11-27-19(26)12-14/h4-12,28H,13H2,1-3H3. The van der Waals surface area contributed by atoms with Gasteiger partial charge in [-0.25, -0.2) is 13.4 Å². The fourth-order valence-corrected chi connectivity index (χ4v) is 4.97. The van der Waals surface area contributed by atoms with Crippen molar-refractivity contribution in [3.8, 4) is 0 Å². The van der Waals surface area contributed by atoms with Crippen LogP contribution in [0.5, 0.6) is 0 Å². The molecule has 1 aliphatic heterocycles. The molecular formula is C24H21ClFN3O4S. The molecule has 0 atom stereocenters. The van der Waals surface area contributed by atoms with E-state index < -0.39 is 27.8 Å². The van der Waals surface area contributed by atoms with Gasteiger partial charge in [-0.1, -0.05) is 44.5 Å². The van der Waals surface area contributed by atoms with Crippen molar-refractivity contribution >= 4 is 39.1 Å². The van der Waals surface area contributed by atoms with Crippen LogP contribution < -0.4 is 4.72 Å². The Morgan fingerprint density at radius 3 is 2.26 bits per heavy atom. The molecule has 176 valence electrons. The normalized spacial score (nSPS) is 13.9. The fraction of sp³-hybridized carbons (Fsp3) is 0.208. The number of anilines is 1. The number of aromatic nitrogens is 1. The van der Waals surface area contributed by atoms with Crippen LogP contribution in [0.1, 0.15) is 52.6 Å². The van der Waals surface area contributed by atoms with E-state index in [0.29, 0.717) is 5.56 Å². The third-order valence-corrected chi connectivity index (χ3v) is 7.18. The second-order valence-corrected chi connectivity index (χ2v) is 11.0. The number of amides is 2. The van der Waals surface area contributed by atoms with Crippen LogP contribution in [0, 0.1) is 5.95 Å². The SMILES string of the molecule is CC(C)(C)c1ccc(S(=O)(=O)Nc2ccc(Cl)c3c2C(=O)N(Cc2ccnc(F)c2)C3=O)cc1. The van der Waals surface area contributed by atoms with Crippen LogP contribution in [0.4, 0.5) is 10.1 Å². The Bertz CT molecular complexity index is 1420. The number of nitrogens with one attached hydrogen (secondary N) is 1. The van der Waals surface area contributed by atoms with Crippen molar-refractivity contribution in [3.63, 3.8) is 0 Å². The maximum Gasteiger partial charge on any atom is 0.264 e. The third kappa shape index (κ3) is 4.41. The van der Waals surface area contributed by atoms with E-state index >= 15 is 0 Å². The molecule has 34 heavy (non-hydrogen) atoms. The van der Waals surface area contributed by atoms with E-state index in [1.165, 1.54) is 36.5 Å². The Kier molecular flexibility index (Phi) is 5.95. The van der Waals surface area contributed by atoms with Crippen molar-refractivity contribution in [2.45, 2.75) is 37.6 Å². The van der Waals surface area contributed by atoms with Crippen molar-refractivity contribution in [2.24, 2.45) is 0 Å². The van der Waals surface area contributed by atoms with E-state index in [-0.39, 0.29) is 38.7 Å². The van der Waals surface area contributed by atoms with Gasteiger partial charge in [0.05, 0.1) is 33.3 Å². The summed E-state index contributed by atoms with van der Waals surface area (Å²) in [5.41, 5.74) is 0.829. The predicted octanol–water partition coefficient (Wildman–Crippen LogP) is 4.77. The second-order valence-electron chi connectivity index (χ2n) is 8.91. The van der Waals surface area contributed by atoms with Crippen LogP contribution in [0.2, 0.25) is 5.02 Å². The average Bonchev–Trinajstić information content (AvgIpc) is 3.01. The summed E-state index contributed by atoms with van der Waals surface area (Å²) in [5.74, 6) is -2.18. The maximum absolute atomic E-state index is 13.5. The number of carbonyl (C=O) groups is 2. The fourth-order valence-electron chi connectivity index (χ4n) is 3.66. The zero-order valence-electron chi connectivity index (χ0n) is 18.6. The number of hydrogen-bond donors (Lipinski definition) is 1. The molecule has 0 fully saturated rings. The highest BCUT2D eigenvalue weighted by atomic mass is 35.5. The number of fused-ring (bicyclic) bond motifs is 1. The molecule has 0 saturated carbocycles. The van der Waals surface area contributed by atoms with Gasteiger partial charge in [0, 0.05) is 6.20 Å². The summed E-state index contributed by atoms with van der Waals surface area (Å²) in [6.45, 7) is 5.82. The Balaban J connectivity index is 1.68. The van der Waals surface area contributed by atoms with Gasteiger partial charge in [0.15, 0.2) is 0 Å². The van der Waals surface area contributed by atoms with Gasteiger partial charge in [-0.05, 0) is 52.9 Å². The van der Waals surface area contributed by atoms with Crippen molar-refractivity contribution in [2.75, 3.05) is 4.72 Å². The Morgan fingerprint density at radius 1 is 1.00 bits per heavy atom. The number of nitrogens with zero attached hydrogens (tertiary/aromatic N) is 2. The molecule has 3 aromatic rings. The number of rotatable bonds is 5. The number of imide groups is 1. The van der Waals surface area contributed by atoms with E-state index in [9.17, 15) is 22.4 Å². The molecule has 0 saturated heterocycles. The lowest BCUT2D eigenvalue weighted by Crippen LogP contribution is -2.29. The molecule has 2 heterocycles. The van der Waals surface area contributed by atoms with Crippen LogP contribution in [0.15, 0.2) is 59.6 Å². The molecule has 0 aliphatic carbocycles. The number of halogens is 2. The first-order valence-electron chi connectivity index (χ1n) is 10.3. The van der Waals surface area contributed by atoms with E-state index in [1.54, 1.807) is 12.1 Å². The van der Waals surface area contributed by atoms with Crippen LogP contribution in [0.3, 0.4) is 0 Å². The molecule has 4 rings (SSSR count). The molecule has 7 nitrogen and oxygen atoms in total. The highest BCUT2D eigenvalue weighted by Gasteiger charge is 2.40. The second kappa shape index (κ2) is 8.48. The topological polar surface area (TPSA) is 96.4 Å². The minimum absolute atomic E-state index is 0.00471. The van der Waals surface area contributed by atoms with Crippen molar-refractivity contribution < 1.29 is 22.4 Å². The predicted molar refractivity (Wildman–Crippen MR) is 126 cm³/mol. The molecule has 10 heteroatoms. The lowest BCUT2D eigenvalue weighted by atomic mass is 9.87. The highest BCUT2D eigenvalue weighted by Crippen LogP contribution is 2.36. The van der Waals surface area contributed by atoms with Crippen molar-refractivity contribution in [1.29, 1.82) is 0 Å². The van der Waals surface area contributed by atoms with Gasteiger partial charge < -0.3 is 0 Å². The van der Waals surface area contributed by atoms with E-state index in [0.717, 1.165) is 16.5 Å². The molecule has 2 amide bonds. The molecular weight excluding hydrogens is 481 g/mol. The van der Waals surface area contributed by atoms with Crippen molar-refractivity contribution in [3.05, 3.63) is 88.0 Å². The summed E-state index contributed by atoms with van der Waals surface area (Å²) < 4.78 is 42.0. The highest BCUT2D eigenvalue weighted by molar-refractivity contribution is 7.92. The summed E-state index contributed by atoms with van der Waals surface area (Å²) in [6, 6.07) is 11.7. The number of benzene rings is 2. The first-order chi connectivity index (χ1) is 15.9. The van der Waals surface area contributed by atoms with Crippen LogP contribution in [-0.2, 0) is 22.0 Å². The van der Waals surface area contributed by atoms with Gasteiger partial charge in [-0.3, -0.25) is 19.2 Å². The van der Waals surface area contributed by atoms with Crippen LogP contribution in [-0.4, -0.2) is 30.1 Å². The van der Waals surface area contributed by atoms with Gasteiger partial charge in [-0.15, -0.1) is 0 Å². The summed E-state index contributed by atoms with van der Waals surface area (Å²) in [6.07, 6.45) is 1.22. The van der Waals surface area contributed by atoms with E-state index in [4.69, 9.17) is 11.6 Å². The summed E-state index contributed by atoms with van der Waals surface area (Å²) >= 11 is 6.20. The van der Waals surface area contributed by atoms with Gasteiger partial charge in [-0.2, -0.15) is 4.39 Å². The smallest absolute Gasteiger partial charge is 0.264 e. The lowest BCUT2D eigenvalue weighted by molar-refractivity contribution is 0.0642. The third-order valence-electron chi connectivity index (χ3n) is 5.48. The zero-order valence-corrected chi connectivity index (χ0v) is 20.2.